The number of sulfone groups is 1. The molecule has 6 N–H and O–H groups in total. The molecule has 416 valence electrons. The lowest BCUT2D eigenvalue weighted by atomic mass is 9.85. The van der Waals surface area contributed by atoms with Crippen molar-refractivity contribution in [2.24, 2.45) is 23.2 Å². The number of methoxy groups -OCH3 is 1. The predicted octanol–water partition coefficient (Wildman–Crippen LogP) is 3.34. The summed E-state index contributed by atoms with van der Waals surface area (Å²) in [5.41, 5.74) is 11.6. The highest BCUT2D eigenvalue weighted by molar-refractivity contribution is 7.91. The smallest absolute Gasteiger partial charge is 0.259 e. The number of thiophene rings is 1. The van der Waals surface area contributed by atoms with Crippen molar-refractivity contribution in [2.45, 2.75) is 77.7 Å². The molecule has 2 fully saturated rings. The zero-order valence-corrected chi connectivity index (χ0v) is 46.6. The summed E-state index contributed by atoms with van der Waals surface area (Å²) in [4.78, 5) is 78.2. The number of aliphatic hydroxyl groups is 1. The van der Waals surface area contributed by atoms with Gasteiger partial charge in [0, 0.05) is 49.6 Å². The van der Waals surface area contributed by atoms with Crippen LogP contribution in [0.4, 0.5) is 0 Å². The average Bonchev–Trinajstić information content (AvgIpc) is 4.27. The van der Waals surface area contributed by atoms with Crippen LogP contribution in [0.2, 0.25) is 0 Å². The standard InChI is InChI=1S/C53H68N8O13S3/c1-32-46(75-31-57-32)34-9-7-33(8-10-34)26-56-50(65)40-24-37(62)27-61(40)52(67)48(53(2,3)4)59-45(64)29-73-20-19-72-18-17-71-16-15-55-44(63)30-74-41-12-11-35(23-42(41)70-6)39-28-60(5)51(66)38-25-43(76-47(38)39)49(54)58-36-13-21-77(68,69)22-14-36/h7-12,23,25,28,31,36-37,40,48,62H,13-22,24,26-27,29-30H2,1-6H3,(H2,54,58)(H,55,63)(H,56,65)(H,59,64). The number of nitrogens with two attached hydrogens (primary N) is 1. The molecule has 3 aromatic heterocycles. The second-order valence-corrected chi connectivity index (χ2v) is 24.1. The fraction of sp³-hybridized carbons (Fsp3) is 0.491. The van der Waals surface area contributed by atoms with Gasteiger partial charge in [-0.1, -0.05) is 51.1 Å². The van der Waals surface area contributed by atoms with Gasteiger partial charge in [0.15, 0.2) is 18.1 Å². The van der Waals surface area contributed by atoms with Crippen LogP contribution in [0.1, 0.15) is 56.2 Å². The first-order valence-electron chi connectivity index (χ1n) is 25.2. The molecule has 77 heavy (non-hydrogen) atoms. The summed E-state index contributed by atoms with van der Waals surface area (Å²) in [6.45, 7) is 8.10. The fourth-order valence-corrected chi connectivity index (χ4v) is 12.2. The van der Waals surface area contributed by atoms with E-state index >= 15 is 0 Å². The lowest BCUT2D eigenvalue weighted by Crippen LogP contribution is -2.58. The maximum absolute atomic E-state index is 14.0. The number of carbonyl (C=O) groups is 4. The third kappa shape index (κ3) is 15.7. The lowest BCUT2D eigenvalue weighted by molar-refractivity contribution is -0.144. The van der Waals surface area contributed by atoms with Gasteiger partial charge in [-0.3, -0.25) is 29.0 Å². The van der Waals surface area contributed by atoms with Gasteiger partial charge in [0.25, 0.3) is 11.5 Å². The van der Waals surface area contributed by atoms with E-state index in [1.54, 1.807) is 75.1 Å². The maximum Gasteiger partial charge on any atom is 0.259 e. The Kier molecular flexibility index (Phi) is 20.0. The Balaban J connectivity index is 0.773. The molecule has 2 saturated heterocycles. The summed E-state index contributed by atoms with van der Waals surface area (Å²) < 4.78 is 54.0. The Morgan fingerprint density at radius 3 is 2.29 bits per heavy atom. The molecule has 0 spiro atoms. The molecule has 2 aliphatic rings. The number of fused-ring (bicyclic) bond motifs is 1. The molecule has 5 aromatic rings. The van der Waals surface area contributed by atoms with Gasteiger partial charge in [-0.25, -0.2) is 13.4 Å². The zero-order chi connectivity index (χ0) is 55.4. The van der Waals surface area contributed by atoms with E-state index in [1.807, 2.05) is 31.2 Å². The molecule has 3 unspecified atom stereocenters. The normalized spacial score (nSPS) is 17.3. The van der Waals surface area contributed by atoms with E-state index in [9.17, 15) is 37.5 Å². The first-order valence-corrected chi connectivity index (χ1v) is 28.8. The number of nitrogens with zero attached hydrogens (tertiary/aromatic N) is 4. The van der Waals surface area contributed by atoms with Gasteiger partial charge in [-0.2, -0.15) is 0 Å². The predicted molar refractivity (Wildman–Crippen MR) is 294 cm³/mol. The van der Waals surface area contributed by atoms with Crippen LogP contribution in [0.3, 0.4) is 0 Å². The van der Waals surface area contributed by atoms with E-state index in [0.29, 0.717) is 39.3 Å². The van der Waals surface area contributed by atoms with E-state index in [2.05, 4.69) is 25.9 Å². The number of β-amino-alcohol motifs (C(OH)–C–C–N with tert-alkyl or cyclic N) is 1. The largest absolute Gasteiger partial charge is 0.493 e. The van der Waals surface area contributed by atoms with Gasteiger partial charge >= 0.3 is 0 Å². The van der Waals surface area contributed by atoms with Crippen molar-refractivity contribution in [3.8, 4) is 33.1 Å². The lowest BCUT2D eigenvalue weighted by Gasteiger charge is -2.35. The van der Waals surface area contributed by atoms with Gasteiger partial charge in [-0.15, -0.1) is 22.7 Å². The summed E-state index contributed by atoms with van der Waals surface area (Å²) in [6, 6.07) is 12.6. The number of amidine groups is 1. The van der Waals surface area contributed by atoms with E-state index in [4.69, 9.17) is 29.4 Å². The van der Waals surface area contributed by atoms with Crippen LogP contribution < -0.4 is 36.7 Å². The second kappa shape index (κ2) is 26.4. The molecule has 3 atom stereocenters. The topological polar surface area (TPSA) is 281 Å². The molecule has 0 bridgehead atoms. The van der Waals surface area contributed by atoms with Crippen LogP contribution in [-0.4, -0.2) is 160 Å². The molecule has 2 aromatic carbocycles. The van der Waals surface area contributed by atoms with Crippen LogP contribution in [-0.2, 0) is 56.8 Å². The molecule has 4 amide bonds. The van der Waals surface area contributed by atoms with Crippen molar-refractivity contribution < 1.29 is 56.4 Å². The van der Waals surface area contributed by atoms with Crippen LogP contribution in [0.5, 0.6) is 11.5 Å². The number of rotatable bonds is 24. The molecule has 21 nitrogen and oxygen atoms in total. The SMILES string of the molecule is COc1cc(-c2cn(C)c(=O)c3cc(C(N)=NC4CCS(=O)(=O)CC4)sc23)ccc1OCC(=O)NCCOCCOCCOCC(=O)NC(C(=O)N1CC(O)CC1C(=O)NCc1ccc(-c2scnc2C)cc1)C(C)(C)C. The van der Waals surface area contributed by atoms with Crippen LogP contribution in [0.15, 0.2) is 70.0 Å². The Morgan fingerprint density at radius 2 is 1.61 bits per heavy atom. The molecule has 0 saturated carbocycles. The monoisotopic (exact) mass is 1120 g/mol. The first-order chi connectivity index (χ1) is 36.7. The fourth-order valence-electron chi connectivity index (χ4n) is 8.85. The number of aliphatic hydroxyl groups excluding tert-OH is 1. The van der Waals surface area contributed by atoms with E-state index in [1.165, 1.54) is 27.9 Å². The number of nitrogens with one attached hydrogen (secondary N) is 3. The minimum absolute atomic E-state index is 0.0429. The molecular formula is C53H68N8O13S3. The Morgan fingerprint density at radius 1 is 0.922 bits per heavy atom. The highest BCUT2D eigenvalue weighted by Gasteiger charge is 2.44. The van der Waals surface area contributed by atoms with Crippen LogP contribution in [0.25, 0.3) is 31.7 Å². The number of hydrogen-bond acceptors (Lipinski definition) is 17. The number of hydrogen-bond donors (Lipinski definition) is 5. The molecule has 7 rings (SSSR count). The van der Waals surface area contributed by atoms with E-state index in [0.717, 1.165) is 32.8 Å². The Labute approximate surface area is 455 Å². The number of aromatic nitrogens is 2. The maximum atomic E-state index is 14.0. The van der Waals surface area contributed by atoms with Gasteiger partial charge in [-0.05, 0) is 60.1 Å². The number of likely N-dealkylation sites (tertiary alicyclic amines) is 1. The van der Waals surface area contributed by atoms with Crippen molar-refractivity contribution in [1.82, 2.24) is 30.4 Å². The number of thiazole rings is 1. The summed E-state index contributed by atoms with van der Waals surface area (Å²) in [6.07, 6.45) is 1.70. The van der Waals surface area contributed by atoms with E-state index in [-0.39, 0.29) is 107 Å². The van der Waals surface area contributed by atoms with Gasteiger partial charge in [0.2, 0.25) is 17.7 Å². The average molecular weight is 1120 g/mol. The van der Waals surface area contributed by atoms with Crippen molar-refractivity contribution in [1.29, 1.82) is 0 Å². The van der Waals surface area contributed by atoms with Crippen LogP contribution in [0, 0.1) is 12.3 Å². The summed E-state index contributed by atoms with van der Waals surface area (Å²) >= 11 is 2.88. The van der Waals surface area contributed by atoms with Crippen molar-refractivity contribution in [3.63, 3.8) is 0 Å². The summed E-state index contributed by atoms with van der Waals surface area (Å²) in [7, 11) is 0.0930. The Bertz CT molecular complexity index is 3080. The molecular weight excluding hydrogens is 1050 g/mol. The summed E-state index contributed by atoms with van der Waals surface area (Å²) in [5.74, 6) is -0.673. The molecule has 5 heterocycles. The van der Waals surface area contributed by atoms with Gasteiger partial charge in [0.1, 0.15) is 34.4 Å². The number of aryl methyl sites for hydroxylation is 2. The number of benzene rings is 2. The van der Waals surface area contributed by atoms with Crippen molar-refractivity contribution in [3.05, 3.63) is 86.7 Å². The molecule has 0 radical (unpaired) electrons. The summed E-state index contributed by atoms with van der Waals surface area (Å²) in [5, 5.41) is 19.4. The number of amides is 4. The number of aliphatic imine (C=N–C) groups is 1. The van der Waals surface area contributed by atoms with Crippen molar-refractivity contribution >= 4 is 72.1 Å². The third-order valence-electron chi connectivity index (χ3n) is 13.0. The van der Waals surface area contributed by atoms with Gasteiger partial charge in [0.05, 0.1) is 90.1 Å². The van der Waals surface area contributed by atoms with E-state index < -0.39 is 51.2 Å². The highest BCUT2D eigenvalue weighted by Crippen LogP contribution is 2.38. The van der Waals surface area contributed by atoms with Crippen molar-refractivity contribution in [2.75, 3.05) is 78.0 Å². The van der Waals surface area contributed by atoms with Crippen LogP contribution >= 0.6 is 22.7 Å². The quantitative estimate of drug-likeness (QED) is 0.0337. The zero-order valence-electron chi connectivity index (χ0n) is 44.1. The minimum Gasteiger partial charge on any atom is -0.493 e. The Hall–Kier alpha value is -6.28. The first kappa shape index (κ1) is 58.4. The number of ether oxygens (including phenoxy) is 5. The molecule has 2 aliphatic heterocycles. The number of carbonyl (C=O) groups excluding carboxylic acids is 4. The molecule has 0 aliphatic carbocycles. The van der Waals surface area contributed by atoms with Gasteiger partial charge < -0.3 is 59.9 Å². The number of pyridine rings is 1. The third-order valence-corrected chi connectivity index (χ3v) is 16.9. The molecule has 24 heteroatoms. The second-order valence-electron chi connectivity index (χ2n) is 19.9. The minimum atomic E-state index is -3.05. The highest BCUT2D eigenvalue weighted by atomic mass is 32.2.